The first-order valence-corrected chi connectivity index (χ1v) is 7.11. The van der Waals surface area contributed by atoms with Crippen LogP contribution in [-0.4, -0.2) is 47.7 Å². The van der Waals surface area contributed by atoms with Gasteiger partial charge in [0.25, 0.3) is 0 Å². The summed E-state index contributed by atoms with van der Waals surface area (Å²) in [4.78, 5) is 13.6. The summed E-state index contributed by atoms with van der Waals surface area (Å²) in [6.07, 6.45) is -0.150. The van der Waals surface area contributed by atoms with Gasteiger partial charge in [0, 0.05) is 11.9 Å². The fraction of sp³-hybridized carbons (Fsp3) is 0.917. The third kappa shape index (κ3) is 4.84. The van der Waals surface area contributed by atoms with Crippen molar-refractivity contribution in [3.63, 3.8) is 0 Å². The van der Waals surface area contributed by atoms with E-state index in [1.54, 1.807) is 4.90 Å². The molecule has 0 spiro atoms. The Balaban J connectivity index is 2.52. The highest BCUT2D eigenvalue weighted by Crippen LogP contribution is 2.18. The molecular formula is C12H22BrNO3. The average molecular weight is 308 g/mol. The van der Waals surface area contributed by atoms with Gasteiger partial charge in [-0.2, -0.15) is 0 Å². The predicted molar refractivity (Wildman–Crippen MR) is 70.5 cm³/mol. The van der Waals surface area contributed by atoms with E-state index in [2.05, 4.69) is 22.9 Å². The smallest absolute Gasteiger partial charge is 0.410 e. The number of morpholine rings is 1. The second kappa shape index (κ2) is 6.05. The number of amides is 1. The highest BCUT2D eigenvalue weighted by Gasteiger charge is 2.30. The highest BCUT2D eigenvalue weighted by molar-refractivity contribution is 9.09. The van der Waals surface area contributed by atoms with E-state index >= 15 is 0 Å². The van der Waals surface area contributed by atoms with Crippen LogP contribution in [0.3, 0.4) is 0 Å². The van der Waals surface area contributed by atoms with Crippen LogP contribution in [0.5, 0.6) is 0 Å². The van der Waals surface area contributed by atoms with E-state index in [9.17, 15) is 4.79 Å². The number of alkyl halides is 1. The Labute approximate surface area is 112 Å². The van der Waals surface area contributed by atoms with Gasteiger partial charge in [0.2, 0.25) is 0 Å². The van der Waals surface area contributed by atoms with Crippen molar-refractivity contribution in [1.29, 1.82) is 0 Å². The number of rotatable bonds is 2. The Morgan fingerprint density at radius 3 is 2.76 bits per heavy atom. The summed E-state index contributed by atoms with van der Waals surface area (Å²) in [5.41, 5.74) is -0.439. The molecule has 0 N–H and O–H groups in total. The first kappa shape index (κ1) is 14.8. The number of halogens is 1. The van der Waals surface area contributed by atoms with Crippen LogP contribution in [0.4, 0.5) is 4.79 Å². The van der Waals surface area contributed by atoms with Gasteiger partial charge >= 0.3 is 6.09 Å². The lowest BCUT2D eigenvalue weighted by Gasteiger charge is -2.36. The molecule has 2 atom stereocenters. The standard InChI is InChI=1S/C12H22BrNO3/c1-9(7-13)10-8-14(5-6-16-10)11(15)17-12(2,3)4/h9-10H,5-8H2,1-4H3. The van der Waals surface area contributed by atoms with Gasteiger partial charge in [-0.1, -0.05) is 22.9 Å². The Morgan fingerprint density at radius 1 is 1.59 bits per heavy atom. The van der Waals surface area contributed by atoms with E-state index in [0.717, 1.165) is 5.33 Å². The Kier molecular flexibility index (Phi) is 5.25. The Hall–Kier alpha value is -0.290. The van der Waals surface area contributed by atoms with Gasteiger partial charge in [0.05, 0.1) is 19.3 Å². The first-order valence-electron chi connectivity index (χ1n) is 5.99. The van der Waals surface area contributed by atoms with Gasteiger partial charge in [-0.15, -0.1) is 0 Å². The maximum absolute atomic E-state index is 11.9. The minimum Gasteiger partial charge on any atom is -0.444 e. The van der Waals surface area contributed by atoms with Crippen molar-refractivity contribution in [1.82, 2.24) is 4.90 Å². The number of hydrogen-bond donors (Lipinski definition) is 0. The van der Waals surface area contributed by atoms with Crippen molar-refractivity contribution in [2.45, 2.75) is 39.4 Å². The molecule has 0 aromatic carbocycles. The van der Waals surface area contributed by atoms with Gasteiger partial charge in [-0.05, 0) is 26.7 Å². The van der Waals surface area contributed by atoms with Crippen molar-refractivity contribution in [3.8, 4) is 0 Å². The summed E-state index contributed by atoms with van der Waals surface area (Å²) in [7, 11) is 0. The summed E-state index contributed by atoms with van der Waals surface area (Å²) < 4.78 is 11.0. The van der Waals surface area contributed by atoms with Crippen LogP contribution in [-0.2, 0) is 9.47 Å². The zero-order valence-electron chi connectivity index (χ0n) is 11.0. The van der Waals surface area contributed by atoms with Crippen LogP contribution in [0.1, 0.15) is 27.7 Å². The molecule has 2 unspecified atom stereocenters. The number of hydrogen-bond acceptors (Lipinski definition) is 3. The Morgan fingerprint density at radius 2 is 2.24 bits per heavy atom. The third-order valence-electron chi connectivity index (χ3n) is 2.62. The second-order valence-electron chi connectivity index (χ2n) is 5.47. The van der Waals surface area contributed by atoms with Crippen molar-refractivity contribution in [2.24, 2.45) is 5.92 Å². The first-order chi connectivity index (χ1) is 7.83. The van der Waals surface area contributed by atoms with Crippen molar-refractivity contribution in [2.75, 3.05) is 25.0 Å². The minimum absolute atomic E-state index is 0.0932. The lowest BCUT2D eigenvalue weighted by atomic mass is 10.1. The minimum atomic E-state index is -0.439. The molecule has 1 rings (SSSR count). The molecular weight excluding hydrogens is 286 g/mol. The Bertz CT molecular complexity index is 265. The van der Waals surface area contributed by atoms with E-state index in [0.29, 0.717) is 25.6 Å². The fourth-order valence-electron chi connectivity index (χ4n) is 1.61. The molecule has 1 aliphatic rings. The maximum atomic E-state index is 11.9. The van der Waals surface area contributed by atoms with Crippen LogP contribution in [0.2, 0.25) is 0 Å². The van der Waals surface area contributed by atoms with Crippen molar-refractivity contribution < 1.29 is 14.3 Å². The van der Waals surface area contributed by atoms with Crippen LogP contribution in [0, 0.1) is 5.92 Å². The van der Waals surface area contributed by atoms with E-state index in [1.165, 1.54) is 0 Å². The molecule has 0 saturated carbocycles. The molecule has 1 aliphatic heterocycles. The van der Waals surface area contributed by atoms with Crippen molar-refractivity contribution in [3.05, 3.63) is 0 Å². The van der Waals surface area contributed by atoms with Gasteiger partial charge in [0.15, 0.2) is 0 Å². The number of nitrogens with zero attached hydrogens (tertiary/aromatic N) is 1. The number of ether oxygens (including phenoxy) is 2. The van der Waals surface area contributed by atoms with Gasteiger partial charge in [0.1, 0.15) is 5.60 Å². The number of carbonyl (C=O) groups is 1. The van der Waals surface area contributed by atoms with Gasteiger partial charge in [-0.25, -0.2) is 4.79 Å². The molecule has 100 valence electrons. The molecule has 1 heterocycles. The predicted octanol–water partition coefficient (Wildman–Crippen LogP) is 2.65. The summed E-state index contributed by atoms with van der Waals surface area (Å²) in [5.74, 6) is 0.389. The molecule has 17 heavy (non-hydrogen) atoms. The van der Waals surface area contributed by atoms with Crippen LogP contribution in [0.25, 0.3) is 0 Å². The normalized spacial score (nSPS) is 23.4. The monoisotopic (exact) mass is 307 g/mol. The molecule has 4 nitrogen and oxygen atoms in total. The molecule has 0 aromatic rings. The molecule has 1 amide bonds. The largest absolute Gasteiger partial charge is 0.444 e. The highest BCUT2D eigenvalue weighted by atomic mass is 79.9. The van der Waals surface area contributed by atoms with Gasteiger partial charge < -0.3 is 14.4 Å². The summed E-state index contributed by atoms with van der Waals surface area (Å²) in [6.45, 7) is 9.55. The van der Waals surface area contributed by atoms with Crippen LogP contribution < -0.4 is 0 Å². The molecule has 5 heteroatoms. The lowest BCUT2D eigenvalue weighted by Crippen LogP contribution is -2.49. The van der Waals surface area contributed by atoms with E-state index in [4.69, 9.17) is 9.47 Å². The lowest BCUT2D eigenvalue weighted by molar-refractivity contribution is -0.0570. The second-order valence-corrected chi connectivity index (χ2v) is 6.11. The van der Waals surface area contributed by atoms with Crippen LogP contribution >= 0.6 is 15.9 Å². The molecule has 0 aliphatic carbocycles. The summed E-state index contributed by atoms with van der Waals surface area (Å²) >= 11 is 3.44. The van der Waals surface area contributed by atoms with Crippen molar-refractivity contribution >= 4 is 22.0 Å². The molecule has 0 bridgehead atoms. The average Bonchev–Trinajstić information content (AvgIpc) is 2.26. The third-order valence-corrected chi connectivity index (χ3v) is 3.64. The quantitative estimate of drug-likeness (QED) is 0.736. The summed E-state index contributed by atoms with van der Waals surface area (Å²) in [6, 6.07) is 0. The molecule has 0 aromatic heterocycles. The van der Waals surface area contributed by atoms with E-state index in [-0.39, 0.29) is 12.2 Å². The topological polar surface area (TPSA) is 38.8 Å². The summed E-state index contributed by atoms with van der Waals surface area (Å²) in [5, 5.41) is 0.875. The fourth-order valence-corrected chi connectivity index (χ4v) is 2.03. The van der Waals surface area contributed by atoms with E-state index in [1.807, 2.05) is 20.8 Å². The number of carbonyl (C=O) groups excluding carboxylic acids is 1. The SMILES string of the molecule is CC(CBr)C1CN(C(=O)OC(C)(C)C)CCO1. The van der Waals surface area contributed by atoms with E-state index < -0.39 is 5.60 Å². The molecule has 1 saturated heterocycles. The van der Waals surface area contributed by atoms with Crippen LogP contribution in [0.15, 0.2) is 0 Å². The zero-order valence-corrected chi connectivity index (χ0v) is 12.6. The zero-order chi connectivity index (χ0) is 13.1. The molecule has 0 radical (unpaired) electrons. The maximum Gasteiger partial charge on any atom is 0.410 e. The molecule has 1 fully saturated rings. The van der Waals surface area contributed by atoms with Gasteiger partial charge in [-0.3, -0.25) is 0 Å².